The topological polar surface area (TPSA) is 9.23 Å². The molecule has 0 spiro atoms. The second-order valence-electron chi connectivity index (χ2n) is 6.05. The Hall–Kier alpha value is 0.394. The molecule has 0 fully saturated rings. The summed E-state index contributed by atoms with van der Waals surface area (Å²) in [4.78, 5) is 0. The van der Waals surface area contributed by atoms with E-state index in [0.29, 0.717) is 0 Å². The number of hydrogen-bond donors (Lipinski definition) is 0. The zero-order chi connectivity index (χ0) is 12.7. The molecule has 0 saturated heterocycles. The van der Waals surface area contributed by atoms with E-state index in [2.05, 4.69) is 40.0 Å². The van der Waals surface area contributed by atoms with Crippen molar-refractivity contribution in [2.45, 2.75) is 78.2 Å². The van der Waals surface area contributed by atoms with Crippen molar-refractivity contribution in [2.75, 3.05) is 6.61 Å². The first-order chi connectivity index (χ1) is 7.37. The predicted molar refractivity (Wildman–Crippen MR) is 80.2 cm³/mol. The summed E-state index contributed by atoms with van der Waals surface area (Å²) in [5.41, 5.74) is 0. The van der Waals surface area contributed by atoms with Crippen molar-refractivity contribution >= 4 is 15.4 Å². The summed E-state index contributed by atoms with van der Waals surface area (Å²) in [6, 6.07) is 1.47. The van der Waals surface area contributed by atoms with Crippen molar-refractivity contribution in [3.63, 3.8) is 0 Å². The van der Waals surface area contributed by atoms with Gasteiger partial charge in [0, 0.05) is 6.61 Å². The van der Waals surface area contributed by atoms with Gasteiger partial charge in [-0.2, -0.15) is 0 Å². The fourth-order valence-electron chi connectivity index (χ4n) is 1.85. The van der Waals surface area contributed by atoms with Crippen LogP contribution in [0, 0.1) is 0 Å². The predicted octanol–water partition coefficient (Wildman–Crippen LogP) is 4.99. The second kappa shape index (κ2) is 7.67. The lowest BCUT2D eigenvalue weighted by atomic mass is 10.2. The molecule has 0 unspecified atom stereocenters. The normalized spacial score (nSPS) is 13.1. The third kappa shape index (κ3) is 5.64. The molecule has 16 heavy (non-hydrogen) atoms. The van der Waals surface area contributed by atoms with Crippen LogP contribution in [0.15, 0.2) is 0 Å². The van der Waals surface area contributed by atoms with Crippen molar-refractivity contribution in [3.8, 4) is 0 Å². The fourth-order valence-corrected chi connectivity index (χ4v) is 8.50. The molecule has 0 amide bonds. The molecule has 0 aromatic rings. The highest BCUT2D eigenvalue weighted by atomic mass is 29.3. The maximum atomic E-state index is 6.20. The summed E-state index contributed by atoms with van der Waals surface area (Å²) < 4.78 is 6.20. The largest absolute Gasteiger partial charge is 0.420 e. The molecule has 0 rings (SSSR count). The van der Waals surface area contributed by atoms with Crippen LogP contribution in [0.5, 0.6) is 0 Å². The summed E-state index contributed by atoms with van der Waals surface area (Å²) in [7, 11) is -2.47. The van der Waals surface area contributed by atoms with Crippen LogP contribution in [0.3, 0.4) is 0 Å². The van der Waals surface area contributed by atoms with E-state index in [-0.39, 0.29) is 0 Å². The fraction of sp³-hybridized carbons (Fsp3) is 1.00. The quantitative estimate of drug-likeness (QED) is 0.419. The Morgan fingerprint density at radius 1 is 0.812 bits per heavy atom. The van der Waals surface area contributed by atoms with Gasteiger partial charge in [0.05, 0.1) is 7.59 Å². The van der Waals surface area contributed by atoms with E-state index in [1.165, 1.54) is 31.7 Å². The van der Waals surface area contributed by atoms with Crippen molar-refractivity contribution in [3.05, 3.63) is 0 Å². The number of unbranched alkanes of at least 4 members (excludes halogenated alkanes) is 3. The monoisotopic (exact) mass is 260 g/mol. The zero-order valence-electron chi connectivity index (χ0n) is 12.4. The molecule has 0 aliphatic rings. The Morgan fingerprint density at radius 3 is 1.94 bits per heavy atom. The van der Waals surface area contributed by atoms with Crippen LogP contribution in [0.1, 0.15) is 46.0 Å². The van der Waals surface area contributed by atoms with Gasteiger partial charge in [0.2, 0.25) is 0 Å². The first kappa shape index (κ1) is 16.4. The SMILES string of the molecule is CCCCCC[Si](C)(C)[Si](C)(C)OCCC. The first-order valence-electron chi connectivity index (χ1n) is 7.01. The van der Waals surface area contributed by atoms with E-state index >= 15 is 0 Å². The Morgan fingerprint density at radius 2 is 1.44 bits per heavy atom. The van der Waals surface area contributed by atoms with Gasteiger partial charge in [-0.05, 0) is 19.5 Å². The number of hydrogen-bond acceptors (Lipinski definition) is 1. The third-order valence-corrected chi connectivity index (χ3v) is 20.7. The van der Waals surface area contributed by atoms with E-state index in [0.717, 1.165) is 13.0 Å². The minimum Gasteiger partial charge on any atom is -0.420 e. The van der Waals surface area contributed by atoms with E-state index in [4.69, 9.17) is 4.43 Å². The van der Waals surface area contributed by atoms with Gasteiger partial charge in [-0.15, -0.1) is 0 Å². The molecule has 0 saturated carbocycles. The van der Waals surface area contributed by atoms with Gasteiger partial charge < -0.3 is 4.43 Å². The molecule has 0 heterocycles. The molecule has 0 atom stereocenters. The summed E-state index contributed by atoms with van der Waals surface area (Å²) >= 11 is 0. The van der Waals surface area contributed by atoms with Gasteiger partial charge in [0.25, 0.3) is 0 Å². The van der Waals surface area contributed by atoms with E-state index < -0.39 is 15.4 Å². The van der Waals surface area contributed by atoms with Crippen molar-refractivity contribution in [2.24, 2.45) is 0 Å². The van der Waals surface area contributed by atoms with Gasteiger partial charge >= 0.3 is 0 Å². The summed E-state index contributed by atoms with van der Waals surface area (Å²) in [5, 5.41) is 0. The summed E-state index contributed by atoms with van der Waals surface area (Å²) in [6.07, 6.45) is 6.76. The van der Waals surface area contributed by atoms with E-state index in [1.807, 2.05) is 0 Å². The van der Waals surface area contributed by atoms with Crippen LogP contribution < -0.4 is 0 Å². The smallest absolute Gasteiger partial charge is 0.173 e. The van der Waals surface area contributed by atoms with Crippen LogP contribution in [-0.4, -0.2) is 22.0 Å². The highest BCUT2D eigenvalue weighted by molar-refractivity contribution is 7.38. The summed E-state index contributed by atoms with van der Waals surface area (Å²) in [6.45, 7) is 15.4. The van der Waals surface area contributed by atoms with Crippen LogP contribution in [0.2, 0.25) is 32.2 Å². The Bertz CT molecular complexity index is 179. The molecule has 0 aliphatic heterocycles. The van der Waals surface area contributed by atoms with E-state index in [9.17, 15) is 0 Å². The highest BCUT2D eigenvalue weighted by Crippen LogP contribution is 2.27. The average molecular weight is 261 g/mol. The van der Waals surface area contributed by atoms with Gasteiger partial charge in [-0.1, -0.05) is 58.7 Å². The summed E-state index contributed by atoms with van der Waals surface area (Å²) in [5.74, 6) is 0. The molecule has 98 valence electrons. The minimum atomic E-state index is -1.37. The van der Waals surface area contributed by atoms with Crippen LogP contribution >= 0.6 is 0 Å². The van der Waals surface area contributed by atoms with Crippen LogP contribution in [0.4, 0.5) is 0 Å². The van der Waals surface area contributed by atoms with Crippen molar-refractivity contribution < 1.29 is 4.43 Å². The number of rotatable bonds is 9. The van der Waals surface area contributed by atoms with Gasteiger partial charge in [-0.3, -0.25) is 0 Å². The Balaban J connectivity index is 4.06. The van der Waals surface area contributed by atoms with Gasteiger partial charge in [0.15, 0.2) is 7.83 Å². The molecule has 0 radical (unpaired) electrons. The highest BCUT2D eigenvalue weighted by Gasteiger charge is 2.41. The van der Waals surface area contributed by atoms with Gasteiger partial charge in [-0.25, -0.2) is 0 Å². The maximum absolute atomic E-state index is 6.20. The molecule has 0 aliphatic carbocycles. The molecule has 1 nitrogen and oxygen atoms in total. The zero-order valence-corrected chi connectivity index (χ0v) is 14.4. The molecule has 0 bridgehead atoms. The van der Waals surface area contributed by atoms with Crippen LogP contribution in [-0.2, 0) is 4.43 Å². The van der Waals surface area contributed by atoms with Gasteiger partial charge in [0.1, 0.15) is 0 Å². The first-order valence-corrected chi connectivity index (χ1v) is 14.1. The maximum Gasteiger partial charge on any atom is 0.173 e. The lowest BCUT2D eigenvalue weighted by molar-refractivity contribution is 0.317. The second-order valence-corrected chi connectivity index (χ2v) is 21.3. The molecular weight excluding hydrogens is 228 g/mol. The average Bonchev–Trinajstić information content (AvgIpc) is 2.21. The Kier molecular flexibility index (Phi) is 7.86. The molecule has 0 aromatic carbocycles. The van der Waals surface area contributed by atoms with Crippen molar-refractivity contribution in [1.29, 1.82) is 0 Å². The lowest BCUT2D eigenvalue weighted by Gasteiger charge is -2.37. The third-order valence-electron chi connectivity index (χ3n) is 3.95. The van der Waals surface area contributed by atoms with E-state index in [1.54, 1.807) is 0 Å². The minimum absolute atomic E-state index is 0.977. The molecular formula is C13H32OSi2. The van der Waals surface area contributed by atoms with Crippen molar-refractivity contribution in [1.82, 2.24) is 0 Å². The lowest BCUT2D eigenvalue weighted by Crippen LogP contribution is -2.57. The standard InChI is InChI=1S/C13H32OSi2/c1-7-9-10-11-13-15(3,4)16(5,6)14-12-8-2/h7-13H2,1-6H3. The van der Waals surface area contributed by atoms with Crippen LogP contribution in [0.25, 0.3) is 0 Å². The molecule has 0 aromatic heterocycles. The molecule has 0 N–H and O–H groups in total. The Labute approximate surface area is 105 Å². The molecule has 3 heteroatoms.